The van der Waals surface area contributed by atoms with Crippen molar-refractivity contribution in [1.29, 1.82) is 0 Å². The first-order valence-electron chi connectivity index (χ1n) is 5.55. The van der Waals surface area contributed by atoms with E-state index in [-0.39, 0.29) is 28.8 Å². The second kappa shape index (κ2) is 5.79. The molecule has 2 aromatic rings. The van der Waals surface area contributed by atoms with Gasteiger partial charge in [0.2, 0.25) is 5.88 Å². The number of nitrogens with two attached hydrogens (primary N) is 1. The Kier molecular flexibility index (Phi) is 3.90. The summed E-state index contributed by atoms with van der Waals surface area (Å²) in [7, 11) is 0. The first kappa shape index (κ1) is 14.1. The van der Waals surface area contributed by atoms with E-state index in [0.29, 0.717) is 0 Å². The molecular weight excluding hydrogens is 282 g/mol. The zero-order valence-corrected chi connectivity index (χ0v) is 10.4. The number of pyridine rings is 1. The molecule has 1 aromatic carbocycles. The van der Waals surface area contributed by atoms with Crippen LogP contribution in [0.4, 0.5) is 17.2 Å². The van der Waals surface area contributed by atoms with Crippen molar-refractivity contribution in [3.8, 4) is 11.6 Å². The third-order valence-corrected chi connectivity index (χ3v) is 2.42. The molecule has 0 atom stereocenters. The van der Waals surface area contributed by atoms with E-state index in [2.05, 4.69) is 10.4 Å². The minimum Gasteiger partial charge on any atom is -0.439 e. The van der Waals surface area contributed by atoms with Crippen LogP contribution >= 0.6 is 0 Å². The van der Waals surface area contributed by atoms with Crippen molar-refractivity contribution in [2.75, 3.05) is 5.43 Å². The van der Waals surface area contributed by atoms with Crippen molar-refractivity contribution in [3.05, 3.63) is 56.6 Å². The van der Waals surface area contributed by atoms with Crippen LogP contribution in [0.5, 0.6) is 11.6 Å². The van der Waals surface area contributed by atoms with E-state index in [0.717, 1.165) is 12.1 Å². The van der Waals surface area contributed by atoms with Crippen LogP contribution in [0, 0.1) is 20.2 Å². The number of nitrogens with one attached hydrogen (secondary N) is 1. The highest BCUT2D eigenvalue weighted by Gasteiger charge is 2.13. The monoisotopic (exact) mass is 291 g/mol. The van der Waals surface area contributed by atoms with Gasteiger partial charge >= 0.3 is 0 Å². The van der Waals surface area contributed by atoms with Crippen molar-refractivity contribution in [2.24, 2.45) is 5.84 Å². The number of nitrogen functional groups attached to an aromatic ring is 1. The summed E-state index contributed by atoms with van der Waals surface area (Å²) in [4.78, 5) is 24.0. The molecule has 10 heteroatoms. The van der Waals surface area contributed by atoms with E-state index >= 15 is 0 Å². The van der Waals surface area contributed by atoms with Crippen molar-refractivity contribution < 1.29 is 14.6 Å². The lowest BCUT2D eigenvalue weighted by molar-refractivity contribution is -0.385. The maximum absolute atomic E-state index is 10.8. The van der Waals surface area contributed by atoms with Crippen molar-refractivity contribution in [3.63, 3.8) is 0 Å². The van der Waals surface area contributed by atoms with Crippen LogP contribution in [-0.2, 0) is 0 Å². The number of anilines is 1. The van der Waals surface area contributed by atoms with Crippen LogP contribution in [0.2, 0.25) is 0 Å². The normalized spacial score (nSPS) is 9.95. The molecule has 1 aromatic heterocycles. The van der Waals surface area contributed by atoms with Crippen LogP contribution < -0.4 is 16.0 Å². The molecule has 0 radical (unpaired) electrons. The highest BCUT2D eigenvalue weighted by atomic mass is 16.6. The minimum absolute atomic E-state index is 0.0566. The Morgan fingerprint density at radius 2 is 1.67 bits per heavy atom. The lowest BCUT2D eigenvalue weighted by atomic mass is 10.3. The van der Waals surface area contributed by atoms with E-state index in [1.54, 1.807) is 0 Å². The summed E-state index contributed by atoms with van der Waals surface area (Å²) in [6.07, 6.45) is 0. The van der Waals surface area contributed by atoms with E-state index in [9.17, 15) is 20.2 Å². The molecule has 0 amide bonds. The SMILES string of the molecule is NNc1cc([N+](=O)[O-])cc(Oc2ccc([N+](=O)[O-])cc2)n1. The summed E-state index contributed by atoms with van der Waals surface area (Å²) >= 11 is 0. The number of ether oxygens (including phenoxy) is 1. The van der Waals surface area contributed by atoms with Gasteiger partial charge in [0.25, 0.3) is 11.4 Å². The van der Waals surface area contributed by atoms with Gasteiger partial charge in [-0.05, 0) is 12.1 Å². The summed E-state index contributed by atoms with van der Waals surface area (Å²) in [6.45, 7) is 0. The average Bonchev–Trinajstić information content (AvgIpc) is 2.47. The minimum atomic E-state index is -0.620. The Labute approximate surface area is 117 Å². The molecule has 3 N–H and O–H groups in total. The molecule has 0 bridgehead atoms. The van der Waals surface area contributed by atoms with Crippen LogP contribution in [0.3, 0.4) is 0 Å². The number of nitrogens with zero attached hydrogens (tertiary/aromatic N) is 3. The molecule has 2 rings (SSSR count). The van der Waals surface area contributed by atoms with Gasteiger partial charge in [0.15, 0.2) is 5.82 Å². The van der Waals surface area contributed by atoms with Gasteiger partial charge in [0.05, 0.1) is 22.0 Å². The quantitative estimate of drug-likeness (QED) is 0.482. The van der Waals surface area contributed by atoms with Crippen molar-refractivity contribution in [1.82, 2.24) is 4.98 Å². The topological polar surface area (TPSA) is 146 Å². The van der Waals surface area contributed by atoms with Crippen LogP contribution in [0.25, 0.3) is 0 Å². The molecule has 0 aliphatic heterocycles. The number of nitro benzene ring substituents is 1. The number of rotatable bonds is 5. The second-order valence-electron chi connectivity index (χ2n) is 3.80. The lowest BCUT2D eigenvalue weighted by Gasteiger charge is -2.06. The molecule has 0 saturated heterocycles. The molecular formula is C11H9N5O5. The Balaban J connectivity index is 2.28. The van der Waals surface area contributed by atoms with Crippen LogP contribution in [0.1, 0.15) is 0 Å². The molecule has 0 saturated carbocycles. The summed E-state index contributed by atoms with van der Waals surface area (Å²) < 4.78 is 5.31. The average molecular weight is 291 g/mol. The van der Waals surface area contributed by atoms with Gasteiger partial charge in [-0.2, -0.15) is 4.98 Å². The molecule has 0 spiro atoms. The fraction of sp³-hybridized carbons (Fsp3) is 0. The van der Waals surface area contributed by atoms with Gasteiger partial charge in [-0.3, -0.25) is 20.2 Å². The Bertz CT molecular complexity index is 688. The number of hydrogen-bond donors (Lipinski definition) is 2. The van der Waals surface area contributed by atoms with Gasteiger partial charge in [-0.15, -0.1) is 0 Å². The Morgan fingerprint density at radius 1 is 1.05 bits per heavy atom. The number of aromatic nitrogens is 1. The third-order valence-electron chi connectivity index (χ3n) is 2.42. The summed E-state index contributed by atoms with van der Waals surface area (Å²) in [5, 5.41) is 21.3. The number of nitro groups is 2. The Morgan fingerprint density at radius 3 is 2.19 bits per heavy atom. The summed E-state index contributed by atoms with van der Waals surface area (Å²) in [6, 6.07) is 7.46. The van der Waals surface area contributed by atoms with E-state index < -0.39 is 9.85 Å². The summed E-state index contributed by atoms with van der Waals surface area (Å²) in [5.74, 6) is 5.41. The maximum atomic E-state index is 10.8. The Hall–Kier alpha value is -3.27. The van der Waals surface area contributed by atoms with Gasteiger partial charge < -0.3 is 10.2 Å². The highest BCUT2D eigenvalue weighted by molar-refractivity contribution is 5.48. The maximum Gasteiger partial charge on any atom is 0.278 e. The lowest BCUT2D eigenvalue weighted by Crippen LogP contribution is -2.09. The molecule has 0 unspecified atom stereocenters. The molecule has 1 heterocycles. The van der Waals surface area contributed by atoms with E-state index in [4.69, 9.17) is 10.6 Å². The van der Waals surface area contributed by atoms with Crippen molar-refractivity contribution in [2.45, 2.75) is 0 Å². The third kappa shape index (κ3) is 3.39. The molecule has 0 fully saturated rings. The van der Waals surface area contributed by atoms with Crippen LogP contribution in [0.15, 0.2) is 36.4 Å². The largest absolute Gasteiger partial charge is 0.439 e. The zero-order valence-electron chi connectivity index (χ0n) is 10.4. The molecule has 10 nitrogen and oxygen atoms in total. The van der Waals surface area contributed by atoms with Crippen molar-refractivity contribution >= 4 is 17.2 Å². The van der Waals surface area contributed by atoms with E-state index in [1.165, 1.54) is 24.3 Å². The summed E-state index contributed by atoms with van der Waals surface area (Å²) in [5.41, 5.74) is 1.83. The fourth-order valence-corrected chi connectivity index (χ4v) is 1.48. The second-order valence-corrected chi connectivity index (χ2v) is 3.80. The number of benzene rings is 1. The number of hydrazine groups is 1. The highest BCUT2D eigenvalue weighted by Crippen LogP contribution is 2.27. The number of non-ortho nitro benzene ring substituents is 1. The number of hydrogen-bond acceptors (Lipinski definition) is 8. The molecule has 21 heavy (non-hydrogen) atoms. The van der Waals surface area contributed by atoms with Gasteiger partial charge in [0.1, 0.15) is 5.75 Å². The molecule has 0 aliphatic carbocycles. The first-order chi connectivity index (χ1) is 9.99. The first-order valence-corrected chi connectivity index (χ1v) is 5.55. The predicted octanol–water partition coefficient (Wildman–Crippen LogP) is 1.98. The fourth-order valence-electron chi connectivity index (χ4n) is 1.48. The standard InChI is InChI=1S/C11H9N5O5/c12-14-10-5-8(16(19)20)6-11(13-10)21-9-3-1-7(2-4-9)15(17)18/h1-6H,12H2,(H,13,14). The van der Waals surface area contributed by atoms with Crippen LogP contribution in [-0.4, -0.2) is 14.8 Å². The van der Waals surface area contributed by atoms with E-state index in [1.807, 2.05) is 0 Å². The zero-order chi connectivity index (χ0) is 15.4. The smallest absolute Gasteiger partial charge is 0.278 e. The van der Waals surface area contributed by atoms with Gasteiger partial charge in [-0.25, -0.2) is 5.84 Å². The van der Waals surface area contributed by atoms with Gasteiger partial charge in [0, 0.05) is 12.1 Å². The predicted molar refractivity (Wildman–Crippen MR) is 71.9 cm³/mol. The molecule has 108 valence electrons. The molecule has 0 aliphatic rings. The van der Waals surface area contributed by atoms with Gasteiger partial charge in [-0.1, -0.05) is 0 Å².